The van der Waals surface area contributed by atoms with E-state index >= 15 is 0 Å². The number of anilines is 2. The van der Waals surface area contributed by atoms with Crippen molar-refractivity contribution < 1.29 is 27.4 Å². The molecule has 2 unspecified atom stereocenters. The number of benzene rings is 1. The molecule has 172 valence electrons. The molecule has 0 amide bonds. The van der Waals surface area contributed by atoms with E-state index in [0.29, 0.717) is 23.3 Å². The summed E-state index contributed by atoms with van der Waals surface area (Å²) in [5.41, 5.74) is -0.330. The van der Waals surface area contributed by atoms with Gasteiger partial charge in [0.25, 0.3) is 0 Å². The van der Waals surface area contributed by atoms with Crippen LogP contribution in [-0.4, -0.2) is 42.2 Å². The number of aromatic nitrogens is 2. The first-order valence-electron chi connectivity index (χ1n) is 10.7. The molecule has 32 heavy (non-hydrogen) atoms. The summed E-state index contributed by atoms with van der Waals surface area (Å²) >= 11 is 0. The standard InChI is InChI=1S/C22H25F3N4O3/c1-3-31-18-6-5-13(7-17(18)22(23,24)25)9-26-19-16(20(30)32-4-2)10-27-21(28-19)29-11-14-8-15(14)12-29/h5-7,10,14-15H,3-4,8-9,11-12H2,1-2H3,(H,26,27,28). The number of hydrogen-bond acceptors (Lipinski definition) is 7. The van der Waals surface area contributed by atoms with E-state index in [4.69, 9.17) is 9.47 Å². The highest BCUT2D eigenvalue weighted by atomic mass is 19.4. The van der Waals surface area contributed by atoms with Crippen molar-refractivity contribution in [3.05, 3.63) is 41.1 Å². The molecule has 2 fully saturated rings. The minimum atomic E-state index is -4.55. The van der Waals surface area contributed by atoms with Crippen LogP contribution in [-0.2, 0) is 17.5 Å². The summed E-state index contributed by atoms with van der Waals surface area (Å²) in [7, 11) is 0. The van der Waals surface area contributed by atoms with E-state index in [-0.39, 0.29) is 36.9 Å². The zero-order valence-electron chi connectivity index (χ0n) is 17.9. The van der Waals surface area contributed by atoms with Crippen LogP contribution in [0.3, 0.4) is 0 Å². The summed E-state index contributed by atoms with van der Waals surface area (Å²) < 4.78 is 50.5. The number of alkyl halides is 3. The van der Waals surface area contributed by atoms with Crippen LogP contribution in [0.25, 0.3) is 0 Å². The van der Waals surface area contributed by atoms with E-state index in [1.807, 2.05) is 0 Å². The summed E-state index contributed by atoms with van der Waals surface area (Å²) in [6.07, 6.45) is -1.91. The fourth-order valence-corrected chi connectivity index (χ4v) is 3.96. The van der Waals surface area contributed by atoms with Crippen molar-refractivity contribution in [3.63, 3.8) is 0 Å². The highest BCUT2D eigenvalue weighted by Crippen LogP contribution is 2.45. The van der Waals surface area contributed by atoms with E-state index in [1.165, 1.54) is 18.7 Å². The lowest BCUT2D eigenvalue weighted by molar-refractivity contribution is -0.139. The van der Waals surface area contributed by atoms with Gasteiger partial charge in [-0.15, -0.1) is 0 Å². The molecular weight excluding hydrogens is 425 g/mol. The highest BCUT2D eigenvalue weighted by molar-refractivity contribution is 5.94. The van der Waals surface area contributed by atoms with Gasteiger partial charge in [-0.2, -0.15) is 18.2 Å². The Morgan fingerprint density at radius 3 is 2.62 bits per heavy atom. The number of fused-ring (bicyclic) bond motifs is 1. The van der Waals surface area contributed by atoms with Crippen molar-refractivity contribution in [2.75, 3.05) is 36.5 Å². The lowest BCUT2D eigenvalue weighted by atomic mass is 10.1. The normalized spacial score (nSPS) is 19.5. The first-order chi connectivity index (χ1) is 15.3. The van der Waals surface area contributed by atoms with Gasteiger partial charge in [0.2, 0.25) is 5.95 Å². The SMILES string of the molecule is CCOC(=O)c1cnc(N2CC3CC3C2)nc1NCc1ccc(OCC)c(C(F)(F)F)c1. The number of hydrogen-bond donors (Lipinski definition) is 1. The van der Waals surface area contributed by atoms with Crippen LogP contribution in [0.1, 0.15) is 41.8 Å². The lowest BCUT2D eigenvalue weighted by Gasteiger charge is -2.20. The predicted molar refractivity (Wildman–Crippen MR) is 112 cm³/mol. The van der Waals surface area contributed by atoms with Crippen molar-refractivity contribution in [2.24, 2.45) is 11.8 Å². The van der Waals surface area contributed by atoms with Gasteiger partial charge in [0.15, 0.2) is 0 Å². The van der Waals surface area contributed by atoms with Crippen LogP contribution in [0.4, 0.5) is 24.9 Å². The van der Waals surface area contributed by atoms with Gasteiger partial charge in [-0.05, 0) is 49.8 Å². The number of carbonyl (C=O) groups excluding carboxylic acids is 1. The molecular formula is C22H25F3N4O3. The summed E-state index contributed by atoms with van der Waals surface area (Å²) in [5, 5.41) is 3.00. The van der Waals surface area contributed by atoms with Crippen LogP contribution in [0.15, 0.2) is 24.4 Å². The number of carbonyl (C=O) groups is 1. The molecule has 1 saturated heterocycles. The van der Waals surface area contributed by atoms with Crippen molar-refractivity contribution in [1.29, 1.82) is 0 Å². The maximum Gasteiger partial charge on any atom is 0.419 e. The Bertz CT molecular complexity index is 989. The number of ether oxygens (including phenoxy) is 2. The molecule has 2 atom stereocenters. The van der Waals surface area contributed by atoms with Gasteiger partial charge in [0, 0.05) is 25.8 Å². The van der Waals surface area contributed by atoms with Crippen molar-refractivity contribution in [2.45, 2.75) is 33.0 Å². The van der Waals surface area contributed by atoms with Gasteiger partial charge in [-0.3, -0.25) is 0 Å². The number of nitrogens with zero attached hydrogens (tertiary/aromatic N) is 3. The van der Waals surface area contributed by atoms with Crippen LogP contribution in [0.5, 0.6) is 5.75 Å². The molecule has 0 radical (unpaired) electrons. The largest absolute Gasteiger partial charge is 0.493 e. The van der Waals surface area contributed by atoms with Gasteiger partial charge in [-0.1, -0.05) is 6.07 Å². The van der Waals surface area contributed by atoms with Crippen molar-refractivity contribution in [1.82, 2.24) is 9.97 Å². The van der Waals surface area contributed by atoms with Crippen LogP contribution < -0.4 is 15.0 Å². The molecule has 4 rings (SSSR count). The maximum absolute atomic E-state index is 13.4. The number of halogens is 3. The molecule has 2 aliphatic rings. The Labute approximate surface area is 183 Å². The zero-order valence-corrected chi connectivity index (χ0v) is 17.9. The topological polar surface area (TPSA) is 76.6 Å². The van der Waals surface area contributed by atoms with E-state index in [9.17, 15) is 18.0 Å². The van der Waals surface area contributed by atoms with Gasteiger partial charge in [0.05, 0.1) is 18.8 Å². The fourth-order valence-electron chi connectivity index (χ4n) is 3.96. The minimum Gasteiger partial charge on any atom is -0.493 e. The Balaban J connectivity index is 1.57. The second-order valence-electron chi connectivity index (χ2n) is 7.93. The number of nitrogens with one attached hydrogen (secondary N) is 1. The van der Waals surface area contributed by atoms with Crippen molar-refractivity contribution >= 4 is 17.7 Å². The summed E-state index contributed by atoms with van der Waals surface area (Å²) in [4.78, 5) is 23.2. The van der Waals surface area contributed by atoms with E-state index in [1.54, 1.807) is 19.9 Å². The molecule has 1 N–H and O–H groups in total. The second-order valence-corrected chi connectivity index (χ2v) is 7.93. The first kappa shape index (κ1) is 22.2. The predicted octanol–water partition coefficient (Wildman–Crippen LogP) is 4.14. The Morgan fingerprint density at radius 1 is 1.22 bits per heavy atom. The zero-order chi connectivity index (χ0) is 22.9. The smallest absolute Gasteiger partial charge is 0.419 e. The number of rotatable bonds is 8. The third-order valence-electron chi connectivity index (χ3n) is 5.64. The highest BCUT2D eigenvalue weighted by Gasteiger charge is 2.46. The Morgan fingerprint density at radius 2 is 1.97 bits per heavy atom. The van der Waals surface area contributed by atoms with Gasteiger partial charge < -0.3 is 19.7 Å². The molecule has 1 aliphatic carbocycles. The molecule has 10 heteroatoms. The summed E-state index contributed by atoms with van der Waals surface area (Å²) in [6, 6.07) is 3.89. The lowest BCUT2D eigenvalue weighted by Crippen LogP contribution is -2.25. The molecule has 7 nitrogen and oxygen atoms in total. The molecule has 1 saturated carbocycles. The number of piperidine rings is 1. The van der Waals surface area contributed by atoms with Crippen LogP contribution in [0, 0.1) is 11.8 Å². The van der Waals surface area contributed by atoms with Crippen LogP contribution >= 0.6 is 0 Å². The first-order valence-corrected chi connectivity index (χ1v) is 10.7. The quantitative estimate of drug-likeness (QED) is 0.606. The van der Waals surface area contributed by atoms with E-state index < -0.39 is 17.7 Å². The Kier molecular flexibility index (Phi) is 6.12. The molecule has 2 aromatic rings. The van der Waals surface area contributed by atoms with E-state index in [2.05, 4.69) is 20.2 Å². The fraction of sp³-hybridized carbons (Fsp3) is 0.500. The summed E-state index contributed by atoms with van der Waals surface area (Å²) in [6.45, 7) is 5.41. The molecule has 0 spiro atoms. The Hall–Kier alpha value is -3.04. The third kappa shape index (κ3) is 4.73. The average Bonchev–Trinajstić information content (AvgIpc) is 3.37. The molecule has 2 heterocycles. The molecule has 1 aromatic heterocycles. The minimum absolute atomic E-state index is 0.0313. The maximum atomic E-state index is 13.4. The second kappa shape index (κ2) is 8.84. The summed E-state index contributed by atoms with van der Waals surface area (Å²) in [5.74, 6) is 1.27. The molecule has 1 aliphatic heterocycles. The van der Waals surface area contributed by atoms with Gasteiger partial charge in [0.1, 0.15) is 17.1 Å². The third-order valence-corrected chi connectivity index (χ3v) is 5.64. The molecule has 0 bridgehead atoms. The van der Waals surface area contributed by atoms with E-state index in [0.717, 1.165) is 19.2 Å². The van der Waals surface area contributed by atoms with Gasteiger partial charge in [-0.25, -0.2) is 9.78 Å². The monoisotopic (exact) mass is 450 g/mol. The average molecular weight is 450 g/mol. The van der Waals surface area contributed by atoms with Crippen LogP contribution in [0.2, 0.25) is 0 Å². The number of esters is 1. The molecule has 1 aromatic carbocycles. The van der Waals surface area contributed by atoms with Gasteiger partial charge >= 0.3 is 12.1 Å². The van der Waals surface area contributed by atoms with Crippen molar-refractivity contribution in [3.8, 4) is 5.75 Å².